The number of hydrogen-bond acceptors (Lipinski definition) is 4. The van der Waals surface area contributed by atoms with E-state index in [9.17, 15) is 0 Å². The first-order chi connectivity index (χ1) is 11.5. The van der Waals surface area contributed by atoms with Gasteiger partial charge in [-0.1, -0.05) is 31.1 Å². The van der Waals surface area contributed by atoms with Crippen molar-refractivity contribution in [3.8, 4) is 0 Å². The van der Waals surface area contributed by atoms with Crippen molar-refractivity contribution in [2.45, 2.75) is 45.4 Å². The van der Waals surface area contributed by atoms with Gasteiger partial charge in [0.2, 0.25) is 5.89 Å². The van der Waals surface area contributed by atoms with E-state index in [-0.39, 0.29) is 5.92 Å². The zero-order valence-electron chi connectivity index (χ0n) is 14.5. The van der Waals surface area contributed by atoms with E-state index in [2.05, 4.69) is 58.5 Å². The fourth-order valence-corrected chi connectivity index (χ4v) is 3.28. The summed E-state index contributed by atoms with van der Waals surface area (Å²) >= 11 is 5.60. The fourth-order valence-electron chi connectivity index (χ4n) is 3.00. The number of aryl methyl sites for hydroxylation is 1. The number of aromatic nitrogens is 2. The molecule has 1 aromatic carbocycles. The number of rotatable bonds is 3. The predicted octanol–water partition coefficient (Wildman–Crippen LogP) is 4.08. The summed E-state index contributed by atoms with van der Waals surface area (Å²) in [5.74, 6) is 2.20. The van der Waals surface area contributed by atoms with E-state index >= 15 is 0 Å². The molecule has 2 heterocycles. The Balaban J connectivity index is 1.62. The van der Waals surface area contributed by atoms with Crippen LogP contribution in [0, 0.1) is 6.92 Å². The van der Waals surface area contributed by atoms with Gasteiger partial charge in [-0.25, -0.2) is 0 Å². The highest BCUT2D eigenvalue weighted by molar-refractivity contribution is 7.80. The summed E-state index contributed by atoms with van der Waals surface area (Å²) < 4.78 is 5.33. The van der Waals surface area contributed by atoms with Gasteiger partial charge in [0.1, 0.15) is 0 Å². The van der Waals surface area contributed by atoms with Crippen molar-refractivity contribution in [2.24, 2.45) is 0 Å². The van der Waals surface area contributed by atoms with Crippen LogP contribution in [0.4, 0.5) is 5.69 Å². The molecule has 0 aliphatic carbocycles. The molecule has 5 nitrogen and oxygen atoms in total. The molecule has 128 valence electrons. The number of anilines is 1. The lowest BCUT2D eigenvalue weighted by atomic mass is 9.98. The van der Waals surface area contributed by atoms with Crippen molar-refractivity contribution in [1.29, 1.82) is 0 Å². The molecule has 1 aliphatic rings. The van der Waals surface area contributed by atoms with Crippen molar-refractivity contribution >= 4 is 23.0 Å². The molecule has 1 atom stereocenters. The van der Waals surface area contributed by atoms with Crippen LogP contribution < -0.4 is 5.32 Å². The molecular weight excluding hydrogens is 320 g/mol. The Morgan fingerprint density at radius 2 is 2.08 bits per heavy atom. The molecule has 3 rings (SSSR count). The molecule has 1 N–H and O–H groups in total. The average molecular weight is 344 g/mol. The molecule has 0 saturated carbocycles. The monoisotopic (exact) mass is 344 g/mol. The Morgan fingerprint density at radius 3 is 2.71 bits per heavy atom. The molecule has 0 radical (unpaired) electrons. The lowest BCUT2D eigenvalue weighted by molar-refractivity contribution is 0.261. The highest BCUT2D eigenvalue weighted by Crippen LogP contribution is 2.26. The summed E-state index contributed by atoms with van der Waals surface area (Å²) in [6, 6.07) is 8.47. The predicted molar refractivity (Wildman–Crippen MR) is 99.3 cm³/mol. The summed E-state index contributed by atoms with van der Waals surface area (Å²) in [6.07, 6.45) is 2.13. The number of hydrogen-bond donors (Lipinski definition) is 1. The van der Waals surface area contributed by atoms with E-state index in [1.54, 1.807) is 0 Å². The molecule has 1 fully saturated rings. The maximum absolute atomic E-state index is 5.60. The molecule has 1 aromatic heterocycles. The van der Waals surface area contributed by atoms with Crippen LogP contribution in [0.25, 0.3) is 0 Å². The van der Waals surface area contributed by atoms with E-state index in [0.717, 1.165) is 42.6 Å². The third-order valence-electron chi connectivity index (χ3n) is 4.43. The maximum Gasteiger partial charge on any atom is 0.231 e. The Morgan fingerprint density at radius 1 is 1.33 bits per heavy atom. The third kappa shape index (κ3) is 3.93. The molecule has 1 aliphatic heterocycles. The number of likely N-dealkylation sites (tertiary alicyclic amines) is 1. The van der Waals surface area contributed by atoms with Crippen LogP contribution in [0.5, 0.6) is 0 Å². The van der Waals surface area contributed by atoms with Crippen LogP contribution in [0.1, 0.15) is 55.8 Å². The minimum atomic E-state index is 0.253. The standard InChI is InChI=1S/C18H24N4OS/c1-12(2)14-6-8-16(9-7-14)20-18(24)22-10-4-5-15(11-22)17-19-13(3)21-23-17/h6-9,12,15H,4-5,10-11H2,1-3H3,(H,20,24). The second-order valence-electron chi connectivity index (χ2n) is 6.67. The van der Waals surface area contributed by atoms with Crippen molar-refractivity contribution in [1.82, 2.24) is 15.0 Å². The van der Waals surface area contributed by atoms with Gasteiger partial charge in [0, 0.05) is 18.8 Å². The summed E-state index contributed by atoms with van der Waals surface area (Å²) in [6.45, 7) is 8.01. The molecular formula is C18H24N4OS. The third-order valence-corrected chi connectivity index (χ3v) is 4.79. The van der Waals surface area contributed by atoms with Crippen molar-refractivity contribution in [3.63, 3.8) is 0 Å². The van der Waals surface area contributed by atoms with Crippen LogP contribution in [0.2, 0.25) is 0 Å². The molecule has 2 aromatic rings. The smallest absolute Gasteiger partial charge is 0.231 e. The van der Waals surface area contributed by atoms with Crippen molar-refractivity contribution in [3.05, 3.63) is 41.5 Å². The molecule has 1 unspecified atom stereocenters. The minimum Gasteiger partial charge on any atom is -0.348 e. The van der Waals surface area contributed by atoms with Crippen molar-refractivity contribution < 1.29 is 4.52 Å². The van der Waals surface area contributed by atoms with E-state index in [4.69, 9.17) is 16.7 Å². The normalized spacial score (nSPS) is 18.0. The number of piperidine rings is 1. The number of nitrogens with zero attached hydrogens (tertiary/aromatic N) is 3. The summed E-state index contributed by atoms with van der Waals surface area (Å²) in [7, 11) is 0. The van der Waals surface area contributed by atoms with Crippen LogP contribution >= 0.6 is 12.2 Å². The van der Waals surface area contributed by atoms with Crippen LogP contribution in [-0.4, -0.2) is 33.2 Å². The van der Waals surface area contributed by atoms with E-state index < -0.39 is 0 Å². The Bertz CT molecular complexity index is 695. The summed E-state index contributed by atoms with van der Waals surface area (Å²) in [4.78, 5) is 6.56. The Labute approximate surface area is 148 Å². The van der Waals surface area contributed by atoms with Gasteiger partial charge >= 0.3 is 0 Å². The van der Waals surface area contributed by atoms with Crippen molar-refractivity contribution in [2.75, 3.05) is 18.4 Å². The van der Waals surface area contributed by atoms with E-state index in [1.807, 2.05) is 6.92 Å². The second kappa shape index (κ2) is 7.30. The number of thiocarbonyl (C=S) groups is 1. The average Bonchev–Trinajstić information content (AvgIpc) is 3.02. The highest BCUT2D eigenvalue weighted by Gasteiger charge is 2.26. The SMILES string of the molecule is Cc1noc(C2CCCN(C(=S)Nc3ccc(C(C)C)cc3)C2)n1. The topological polar surface area (TPSA) is 54.2 Å². The van der Waals surface area contributed by atoms with Gasteiger partial charge in [-0.2, -0.15) is 4.98 Å². The quantitative estimate of drug-likeness (QED) is 0.847. The van der Waals surface area contributed by atoms with Gasteiger partial charge in [-0.3, -0.25) is 0 Å². The van der Waals surface area contributed by atoms with Gasteiger partial charge < -0.3 is 14.7 Å². The first-order valence-electron chi connectivity index (χ1n) is 8.49. The van der Waals surface area contributed by atoms with E-state index in [1.165, 1.54) is 5.56 Å². The summed E-state index contributed by atoms with van der Waals surface area (Å²) in [5.41, 5.74) is 2.36. The van der Waals surface area contributed by atoms with Gasteiger partial charge in [0.25, 0.3) is 0 Å². The van der Waals surface area contributed by atoms with Gasteiger partial charge in [0.15, 0.2) is 10.9 Å². The second-order valence-corrected chi connectivity index (χ2v) is 7.06. The van der Waals surface area contributed by atoms with Gasteiger partial charge in [-0.05, 0) is 55.6 Å². The first-order valence-corrected chi connectivity index (χ1v) is 8.90. The number of nitrogens with one attached hydrogen (secondary N) is 1. The zero-order valence-corrected chi connectivity index (χ0v) is 15.3. The van der Waals surface area contributed by atoms with Gasteiger partial charge in [0.05, 0.1) is 5.92 Å². The Hall–Kier alpha value is -1.95. The van der Waals surface area contributed by atoms with Crippen LogP contribution in [-0.2, 0) is 0 Å². The molecule has 1 saturated heterocycles. The largest absolute Gasteiger partial charge is 0.348 e. The Kier molecular flexibility index (Phi) is 5.14. The fraction of sp³-hybridized carbons (Fsp3) is 0.500. The highest BCUT2D eigenvalue weighted by atomic mass is 32.1. The molecule has 0 spiro atoms. The van der Waals surface area contributed by atoms with Gasteiger partial charge in [-0.15, -0.1) is 0 Å². The molecule has 0 amide bonds. The molecule has 6 heteroatoms. The lowest BCUT2D eigenvalue weighted by Gasteiger charge is -2.33. The van der Waals surface area contributed by atoms with Crippen LogP contribution in [0.15, 0.2) is 28.8 Å². The first kappa shape index (κ1) is 16.9. The number of benzene rings is 1. The van der Waals surface area contributed by atoms with Crippen LogP contribution in [0.3, 0.4) is 0 Å². The molecule has 0 bridgehead atoms. The minimum absolute atomic E-state index is 0.253. The zero-order chi connectivity index (χ0) is 17.1. The lowest BCUT2D eigenvalue weighted by Crippen LogP contribution is -2.41. The maximum atomic E-state index is 5.60. The van der Waals surface area contributed by atoms with E-state index in [0.29, 0.717) is 11.7 Å². The molecule has 24 heavy (non-hydrogen) atoms. The summed E-state index contributed by atoms with van der Waals surface area (Å²) in [5, 5.41) is 8.00.